The Morgan fingerprint density at radius 1 is 0.686 bits per heavy atom. The molecule has 3 aliphatic rings. The van der Waals surface area contributed by atoms with Crippen LogP contribution in [0.2, 0.25) is 5.15 Å². The SMILES string of the molecule is CC(C)(C)OC(=O)NC1(c2ccc(B3OC(C)(C)C(C)(C)O3)cc2)CCC1.Clc1nc2nccn2cc1-c1ccccc1.NC1(c2ccc(-c3nc4nccn4cc3-c3ccccc3)cc2)CCC1.[CH3-]. The first-order valence-electron chi connectivity index (χ1n) is 23.7. The zero-order valence-electron chi connectivity index (χ0n) is 41.4. The summed E-state index contributed by atoms with van der Waals surface area (Å²) in [6.07, 6.45) is 17.2. The molecule has 14 heteroatoms. The third kappa shape index (κ3) is 10.5. The Bertz CT molecular complexity index is 3040. The Morgan fingerprint density at radius 2 is 1.19 bits per heavy atom. The van der Waals surface area contributed by atoms with Crippen LogP contribution in [0.5, 0.6) is 0 Å². The van der Waals surface area contributed by atoms with E-state index in [1.165, 1.54) is 12.0 Å². The molecule has 0 bridgehead atoms. The van der Waals surface area contributed by atoms with Gasteiger partial charge in [0.2, 0.25) is 11.6 Å². The highest BCUT2D eigenvalue weighted by Gasteiger charge is 2.52. The smallest absolute Gasteiger partial charge is 0.444 e. The van der Waals surface area contributed by atoms with E-state index in [9.17, 15) is 4.79 Å². The average Bonchev–Trinajstić information content (AvgIpc) is 4.03. The van der Waals surface area contributed by atoms with Gasteiger partial charge in [0, 0.05) is 59.4 Å². The average molecular weight is 958 g/mol. The van der Waals surface area contributed by atoms with E-state index in [4.69, 9.17) is 36.4 Å². The van der Waals surface area contributed by atoms with Gasteiger partial charge in [0.25, 0.3) is 0 Å². The molecule has 12 nitrogen and oxygen atoms in total. The first-order valence-corrected chi connectivity index (χ1v) is 24.1. The minimum Gasteiger partial charge on any atom is -0.444 e. The van der Waals surface area contributed by atoms with E-state index in [-0.39, 0.29) is 42.9 Å². The second-order valence-corrected chi connectivity index (χ2v) is 20.7. The number of aromatic nitrogens is 6. The number of ether oxygens (including phenoxy) is 1. The van der Waals surface area contributed by atoms with Crippen molar-refractivity contribution in [3.63, 3.8) is 0 Å². The van der Waals surface area contributed by atoms with E-state index < -0.39 is 5.60 Å². The maximum Gasteiger partial charge on any atom is 0.494 e. The standard InChI is InChI=1S/C22H20N4.C21H32BNO4.C12H8ClN3.CH3/c23-22(11-4-12-22)18-9-7-17(8-10-18)20-19(16-5-2-1-3-6-16)15-26-14-13-24-21(26)25-20;1-18(2,3)25-17(24)23-21(13-8-14-21)15-9-11-16(12-10-15)22-26-19(4,5)20(6,7)27-22;13-11-10(9-4-2-1-3-5-9)8-16-7-6-14-12(16)15-11;/h1-3,5-10,13-15H,4,11-12,23H2;9-12H,8,13-14H2,1-7H3,(H,23,24);1-8H;1H3/q;;;-1. The quantitative estimate of drug-likeness (QED) is 0.0906. The van der Waals surface area contributed by atoms with Crippen LogP contribution in [0.4, 0.5) is 4.79 Å². The Labute approximate surface area is 417 Å². The zero-order chi connectivity index (χ0) is 48.6. The summed E-state index contributed by atoms with van der Waals surface area (Å²) in [5, 5.41) is 3.57. The maximum absolute atomic E-state index is 12.3. The number of rotatable bonds is 7. The van der Waals surface area contributed by atoms with Crippen LogP contribution in [0.1, 0.15) is 98.1 Å². The number of carbonyl (C=O) groups is 1. The summed E-state index contributed by atoms with van der Waals surface area (Å²) in [5.41, 5.74) is 14.3. The number of hydrogen-bond acceptors (Lipinski definition) is 9. The summed E-state index contributed by atoms with van der Waals surface area (Å²) in [4.78, 5) is 29.8. The number of imidazole rings is 2. The number of nitrogens with two attached hydrogens (primary N) is 1. The summed E-state index contributed by atoms with van der Waals surface area (Å²) in [6, 6.07) is 37.1. The highest BCUT2D eigenvalue weighted by atomic mass is 35.5. The van der Waals surface area contributed by atoms with E-state index in [2.05, 4.69) is 115 Å². The second kappa shape index (κ2) is 19.8. The molecule has 3 N–H and O–H groups in total. The van der Waals surface area contributed by atoms with Gasteiger partial charge < -0.3 is 32.5 Å². The van der Waals surface area contributed by atoms with E-state index in [1.807, 2.05) is 96.7 Å². The van der Waals surface area contributed by atoms with Crippen LogP contribution in [-0.4, -0.2) is 58.8 Å². The third-order valence-corrected chi connectivity index (χ3v) is 14.1. The van der Waals surface area contributed by atoms with E-state index in [0.29, 0.717) is 16.7 Å². The number of nitrogens with zero attached hydrogens (tertiary/aromatic N) is 6. The Hall–Kier alpha value is -6.38. The molecule has 70 heavy (non-hydrogen) atoms. The van der Waals surface area contributed by atoms with Crippen molar-refractivity contribution in [3.05, 3.63) is 170 Å². The molecule has 2 aliphatic carbocycles. The molecule has 3 fully saturated rings. The van der Waals surface area contributed by atoms with Crippen LogP contribution in [-0.2, 0) is 25.1 Å². The summed E-state index contributed by atoms with van der Waals surface area (Å²) in [6.45, 7) is 13.8. The number of fused-ring (bicyclic) bond motifs is 2. The monoisotopic (exact) mass is 957 g/mol. The van der Waals surface area contributed by atoms with Crippen LogP contribution >= 0.6 is 11.6 Å². The number of amides is 1. The van der Waals surface area contributed by atoms with E-state index in [0.717, 1.165) is 76.6 Å². The van der Waals surface area contributed by atoms with E-state index >= 15 is 0 Å². The van der Waals surface area contributed by atoms with Gasteiger partial charge in [-0.15, -0.1) is 0 Å². The van der Waals surface area contributed by atoms with Crippen LogP contribution < -0.4 is 16.5 Å². The van der Waals surface area contributed by atoms with Crippen molar-refractivity contribution in [2.45, 2.75) is 115 Å². The zero-order valence-corrected chi connectivity index (χ0v) is 42.2. The van der Waals surface area contributed by atoms with Crippen molar-refractivity contribution in [2.75, 3.05) is 0 Å². The lowest BCUT2D eigenvalue weighted by Crippen LogP contribution is -2.52. The maximum atomic E-state index is 12.3. The molecular weight excluding hydrogens is 895 g/mol. The van der Waals surface area contributed by atoms with Gasteiger partial charge in [0.1, 0.15) is 10.8 Å². The molecule has 4 aromatic heterocycles. The molecule has 362 valence electrons. The summed E-state index contributed by atoms with van der Waals surface area (Å²) in [5.74, 6) is 1.32. The van der Waals surface area contributed by atoms with Gasteiger partial charge >= 0.3 is 13.2 Å². The van der Waals surface area contributed by atoms with Gasteiger partial charge in [-0.25, -0.2) is 19.7 Å². The highest BCUT2D eigenvalue weighted by Crippen LogP contribution is 2.43. The molecule has 1 aliphatic heterocycles. The number of hydrogen-bond donors (Lipinski definition) is 2. The van der Waals surface area contributed by atoms with Crippen molar-refractivity contribution in [1.82, 2.24) is 34.1 Å². The topological polar surface area (TPSA) is 143 Å². The molecule has 8 aromatic rings. The molecule has 4 aromatic carbocycles. The second-order valence-electron chi connectivity index (χ2n) is 20.3. The fourth-order valence-electron chi connectivity index (χ4n) is 8.81. The lowest BCUT2D eigenvalue weighted by molar-refractivity contribution is 0.00578. The largest absolute Gasteiger partial charge is 0.494 e. The fourth-order valence-corrected chi connectivity index (χ4v) is 9.04. The Kier molecular flexibility index (Phi) is 14.1. The minimum absolute atomic E-state index is 0. The molecule has 1 saturated heterocycles. The number of alkyl carbamates (subject to hydrolysis) is 1. The number of carbonyl (C=O) groups excluding carboxylic acids is 1. The first-order chi connectivity index (χ1) is 32.9. The Balaban J connectivity index is 0.000000145. The van der Waals surface area contributed by atoms with Crippen LogP contribution in [0, 0.1) is 7.43 Å². The molecule has 11 rings (SSSR count). The summed E-state index contributed by atoms with van der Waals surface area (Å²) < 4.78 is 21.5. The van der Waals surface area contributed by atoms with Gasteiger partial charge in [0.05, 0.1) is 22.4 Å². The fraction of sp³-hybridized carbons (Fsp3) is 0.321. The van der Waals surface area contributed by atoms with Crippen molar-refractivity contribution in [2.24, 2.45) is 5.73 Å². The van der Waals surface area contributed by atoms with Crippen LogP contribution in [0.25, 0.3) is 45.1 Å². The molecule has 0 atom stereocenters. The highest BCUT2D eigenvalue weighted by molar-refractivity contribution is 6.62. The van der Waals surface area contributed by atoms with Crippen molar-refractivity contribution >= 4 is 41.8 Å². The number of nitrogens with one attached hydrogen (secondary N) is 1. The number of benzene rings is 4. The lowest BCUT2D eigenvalue weighted by Gasteiger charge is -2.43. The number of halogens is 1. The first kappa shape index (κ1) is 50.0. The van der Waals surface area contributed by atoms with Crippen molar-refractivity contribution in [3.8, 4) is 33.5 Å². The predicted molar refractivity (Wildman–Crippen MR) is 280 cm³/mol. The third-order valence-electron chi connectivity index (χ3n) is 13.8. The van der Waals surface area contributed by atoms with Gasteiger partial charge in [-0.1, -0.05) is 121 Å². The van der Waals surface area contributed by atoms with Crippen molar-refractivity contribution in [1.29, 1.82) is 0 Å². The lowest BCUT2D eigenvalue weighted by atomic mass is 9.70. The van der Waals surface area contributed by atoms with Crippen LogP contribution in [0.3, 0.4) is 0 Å². The molecule has 5 heterocycles. The molecule has 0 unspecified atom stereocenters. The summed E-state index contributed by atoms with van der Waals surface area (Å²) >= 11 is 6.13. The van der Waals surface area contributed by atoms with Gasteiger partial charge in [0.15, 0.2) is 0 Å². The van der Waals surface area contributed by atoms with Gasteiger partial charge in [-0.2, -0.15) is 4.98 Å². The van der Waals surface area contributed by atoms with Gasteiger partial charge in [-0.3, -0.25) is 8.80 Å². The Morgan fingerprint density at radius 3 is 1.69 bits per heavy atom. The molecule has 0 radical (unpaired) electrons. The normalized spacial score (nSPS) is 17.1. The van der Waals surface area contributed by atoms with E-state index in [1.54, 1.807) is 12.4 Å². The predicted octanol–water partition coefficient (Wildman–Crippen LogP) is 11.8. The minimum atomic E-state index is -0.504. The van der Waals surface area contributed by atoms with Crippen LogP contribution in [0.15, 0.2) is 146 Å². The van der Waals surface area contributed by atoms with Crippen molar-refractivity contribution < 1.29 is 18.8 Å². The molecular formula is C56H63BClN8O4-. The van der Waals surface area contributed by atoms with Gasteiger partial charge in [-0.05, 0) is 115 Å². The molecule has 0 spiro atoms. The summed E-state index contributed by atoms with van der Waals surface area (Å²) in [7, 11) is -0.375. The molecule has 2 saturated carbocycles. The molecule has 1 amide bonds.